The van der Waals surface area contributed by atoms with E-state index in [-0.39, 0.29) is 11.8 Å². The Hall–Kier alpha value is -1.36. The van der Waals surface area contributed by atoms with Gasteiger partial charge >= 0.3 is 5.97 Å². The summed E-state index contributed by atoms with van der Waals surface area (Å²) in [5, 5.41) is 11.5. The first-order valence-corrected chi connectivity index (χ1v) is 5.75. The van der Waals surface area contributed by atoms with Crippen LogP contribution in [0.4, 0.5) is 0 Å². The van der Waals surface area contributed by atoms with Gasteiger partial charge in [0.05, 0.1) is 25.0 Å². The molecule has 0 aromatic carbocycles. The van der Waals surface area contributed by atoms with Gasteiger partial charge in [-0.1, -0.05) is 12.2 Å². The van der Waals surface area contributed by atoms with E-state index < -0.39 is 11.9 Å². The molecule has 1 amide bonds. The number of hydrogen-bond donors (Lipinski definition) is 2. The van der Waals surface area contributed by atoms with Crippen molar-refractivity contribution in [2.45, 2.75) is 19.8 Å². The van der Waals surface area contributed by atoms with Crippen LogP contribution < -0.4 is 5.32 Å². The molecule has 0 spiro atoms. The molecule has 2 atom stereocenters. The highest BCUT2D eigenvalue weighted by atomic mass is 16.5. The van der Waals surface area contributed by atoms with Gasteiger partial charge in [-0.2, -0.15) is 0 Å². The fraction of sp³-hybridized carbons (Fsp3) is 0.667. The molecule has 1 aliphatic rings. The Bertz CT molecular complexity index is 314. The summed E-state index contributed by atoms with van der Waals surface area (Å²) < 4.78 is 5.22. The molecular formula is C12H19NO4. The number of aliphatic carboxylic acids is 1. The summed E-state index contributed by atoms with van der Waals surface area (Å²) in [6.45, 7) is 6.87. The van der Waals surface area contributed by atoms with Gasteiger partial charge < -0.3 is 15.2 Å². The molecule has 0 radical (unpaired) electrons. The largest absolute Gasteiger partial charge is 0.481 e. The number of amides is 1. The Balaban J connectivity index is 2.13. The molecule has 0 aromatic heterocycles. The zero-order chi connectivity index (χ0) is 12.8. The van der Waals surface area contributed by atoms with Crippen molar-refractivity contribution in [3.05, 3.63) is 12.2 Å². The van der Waals surface area contributed by atoms with Gasteiger partial charge in [-0.3, -0.25) is 9.59 Å². The lowest BCUT2D eigenvalue weighted by atomic mass is 9.73. The van der Waals surface area contributed by atoms with E-state index in [1.165, 1.54) is 0 Å². The molecule has 2 unspecified atom stereocenters. The second kappa shape index (κ2) is 6.39. The van der Waals surface area contributed by atoms with Crippen molar-refractivity contribution in [3.8, 4) is 0 Å². The second-order valence-electron chi connectivity index (χ2n) is 4.43. The van der Waals surface area contributed by atoms with Crippen LogP contribution in [-0.4, -0.2) is 36.7 Å². The summed E-state index contributed by atoms with van der Waals surface area (Å²) >= 11 is 0. The van der Waals surface area contributed by atoms with Crippen LogP contribution in [0.25, 0.3) is 0 Å². The summed E-state index contributed by atoms with van der Waals surface area (Å²) in [5.74, 6) is -1.93. The molecule has 2 N–H and O–H groups in total. The van der Waals surface area contributed by atoms with E-state index in [0.717, 1.165) is 5.57 Å². The van der Waals surface area contributed by atoms with E-state index in [1.54, 1.807) is 0 Å². The van der Waals surface area contributed by atoms with Crippen molar-refractivity contribution < 1.29 is 19.4 Å². The van der Waals surface area contributed by atoms with Crippen molar-refractivity contribution in [1.82, 2.24) is 5.32 Å². The third-order valence-electron chi connectivity index (χ3n) is 2.82. The zero-order valence-corrected chi connectivity index (χ0v) is 10.1. The maximum absolute atomic E-state index is 11.6. The summed E-state index contributed by atoms with van der Waals surface area (Å²) in [7, 11) is 0. The highest BCUT2D eigenvalue weighted by Crippen LogP contribution is 2.34. The van der Waals surface area contributed by atoms with Gasteiger partial charge in [0.25, 0.3) is 0 Å². The predicted molar refractivity (Wildman–Crippen MR) is 62.5 cm³/mol. The minimum absolute atomic E-state index is 0.178. The van der Waals surface area contributed by atoms with Crippen LogP contribution in [0.2, 0.25) is 0 Å². The number of nitrogens with one attached hydrogen (secondary N) is 1. The average Bonchev–Trinajstić information content (AvgIpc) is 2.13. The standard InChI is InChI=1S/C12H19NO4/c1-8(2)7-17-6-5-13-11(14)9-3-4-10(9)12(15)16/h9-10H,1,3-7H2,2H3,(H,13,14)(H,15,16). The van der Waals surface area contributed by atoms with Crippen LogP contribution in [0.1, 0.15) is 19.8 Å². The van der Waals surface area contributed by atoms with Crippen molar-refractivity contribution in [3.63, 3.8) is 0 Å². The number of carbonyl (C=O) groups excluding carboxylic acids is 1. The molecule has 17 heavy (non-hydrogen) atoms. The van der Waals surface area contributed by atoms with E-state index >= 15 is 0 Å². The van der Waals surface area contributed by atoms with E-state index in [2.05, 4.69) is 11.9 Å². The SMILES string of the molecule is C=C(C)COCCNC(=O)C1CCC1C(=O)O. The van der Waals surface area contributed by atoms with Crippen LogP contribution in [0.3, 0.4) is 0 Å². The number of carboxylic acids is 1. The molecule has 1 rings (SSSR count). The molecule has 0 heterocycles. The summed E-state index contributed by atoms with van der Waals surface area (Å²) in [4.78, 5) is 22.3. The Kier molecular flexibility index (Phi) is 5.15. The first-order chi connectivity index (χ1) is 8.02. The van der Waals surface area contributed by atoms with Crippen molar-refractivity contribution >= 4 is 11.9 Å². The molecule has 96 valence electrons. The molecule has 0 aromatic rings. The van der Waals surface area contributed by atoms with Crippen LogP contribution >= 0.6 is 0 Å². The molecule has 1 fully saturated rings. The molecule has 1 saturated carbocycles. The Morgan fingerprint density at radius 2 is 2.06 bits per heavy atom. The number of rotatable bonds is 7. The minimum Gasteiger partial charge on any atom is -0.481 e. The first kappa shape index (κ1) is 13.7. The highest BCUT2D eigenvalue weighted by Gasteiger charge is 2.41. The van der Waals surface area contributed by atoms with Gasteiger partial charge in [0.15, 0.2) is 0 Å². The molecule has 0 saturated heterocycles. The fourth-order valence-corrected chi connectivity index (χ4v) is 1.73. The van der Waals surface area contributed by atoms with E-state index in [4.69, 9.17) is 9.84 Å². The maximum atomic E-state index is 11.6. The summed E-state index contributed by atoms with van der Waals surface area (Å²) in [6, 6.07) is 0. The molecule has 1 aliphatic carbocycles. The monoisotopic (exact) mass is 241 g/mol. The maximum Gasteiger partial charge on any atom is 0.307 e. The second-order valence-corrected chi connectivity index (χ2v) is 4.43. The van der Waals surface area contributed by atoms with Gasteiger partial charge in [0.1, 0.15) is 0 Å². The number of ether oxygens (including phenoxy) is 1. The normalized spacial score (nSPS) is 22.6. The van der Waals surface area contributed by atoms with Gasteiger partial charge in [0, 0.05) is 6.54 Å². The molecular weight excluding hydrogens is 222 g/mol. The van der Waals surface area contributed by atoms with Crippen LogP contribution in [0.15, 0.2) is 12.2 Å². The van der Waals surface area contributed by atoms with Gasteiger partial charge in [0.2, 0.25) is 5.91 Å². The number of carbonyl (C=O) groups is 2. The fourth-order valence-electron chi connectivity index (χ4n) is 1.73. The van der Waals surface area contributed by atoms with Crippen LogP contribution in [-0.2, 0) is 14.3 Å². The van der Waals surface area contributed by atoms with Gasteiger partial charge in [-0.25, -0.2) is 0 Å². The van der Waals surface area contributed by atoms with E-state index in [1.807, 2.05) is 6.92 Å². The molecule has 5 nitrogen and oxygen atoms in total. The van der Waals surface area contributed by atoms with Gasteiger partial charge in [-0.15, -0.1) is 0 Å². The van der Waals surface area contributed by atoms with Crippen molar-refractivity contribution in [2.75, 3.05) is 19.8 Å². The Labute approximate surface area is 101 Å². The first-order valence-electron chi connectivity index (χ1n) is 5.75. The Morgan fingerprint density at radius 1 is 1.41 bits per heavy atom. The smallest absolute Gasteiger partial charge is 0.307 e. The topological polar surface area (TPSA) is 75.6 Å². The highest BCUT2D eigenvalue weighted by molar-refractivity contribution is 5.86. The molecule has 5 heteroatoms. The van der Waals surface area contributed by atoms with E-state index in [0.29, 0.717) is 32.6 Å². The van der Waals surface area contributed by atoms with E-state index in [9.17, 15) is 9.59 Å². The molecule has 0 aliphatic heterocycles. The predicted octanol–water partition coefficient (Wildman–Crippen LogP) is 0.806. The van der Waals surface area contributed by atoms with Crippen LogP contribution in [0, 0.1) is 11.8 Å². The zero-order valence-electron chi connectivity index (χ0n) is 10.1. The quantitative estimate of drug-likeness (QED) is 0.511. The third-order valence-corrected chi connectivity index (χ3v) is 2.82. The number of carboxylic acid groups (broad SMARTS) is 1. The lowest BCUT2D eigenvalue weighted by Gasteiger charge is -2.31. The lowest BCUT2D eigenvalue weighted by Crippen LogP contribution is -2.44. The third kappa shape index (κ3) is 4.19. The summed E-state index contributed by atoms with van der Waals surface area (Å²) in [5.41, 5.74) is 0.932. The van der Waals surface area contributed by atoms with Crippen molar-refractivity contribution in [1.29, 1.82) is 0 Å². The Morgan fingerprint density at radius 3 is 2.53 bits per heavy atom. The number of hydrogen-bond acceptors (Lipinski definition) is 3. The lowest BCUT2D eigenvalue weighted by molar-refractivity contribution is -0.152. The molecule has 0 bridgehead atoms. The average molecular weight is 241 g/mol. The summed E-state index contributed by atoms with van der Waals surface area (Å²) in [6.07, 6.45) is 1.26. The minimum atomic E-state index is -0.880. The van der Waals surface area contributed by atoms with Gasteiger partial charge in [-0.05, 0) is 19.8 Å². The van der Waals surface area contributed by atoms with Crippen LogP contribution in [0.5, 0.6) is 0 Å². The van der Waals surface area contributed by atoms with Crippen molar-refractivity contribution in [2.24, 2.45) is 11.8 Å².